The highest BCUT2D eigenvalue weighted by Gasteiger charge is 2.66. The molecular formula is C15H14N2O4. The number of rotatable bonds is 3. The highest BCUT2D eigenvalue weighted by atomic mass is 16.5. The van der Waals surface area contributed by atoms with Crippen LogP contribution in [0.2, 0.25) is 0 Å². The maximum absolute atomic E-state index is 12.6. The quantitative estimate of drug-likeness (QED) is 0.816. The van der Waals surface area contributed by atoms with Crippen molar-refractivity contribution in [1.29, 1.82) is 0 Å². The van der Waals surface area contributed by atoms with Gasteiger partial charge in [-0.15, -0.1) is 0 Å². The van der Waals surface area contributed by atoms with Gasteiger partial charge in [0.15, 0.2) is 0 Å². The van der Waals surface area contributed by atoms with E-state index >= 15 is 0 Å². The third kappa shape index (κ3) is 1.65. The van der Waals surface area contributed by atoms with Crippen molar-refractivity contribution >= 4 is 11.9 Å². The number of carboxylic acid groups (broad SMARTS) is 1. The third-order valence-corrected chi connectivity index (χ3v) is 4.54. The van der Waals surface area contributed by atoms with Crippen LogP contribution in [0.5, 0.6) is 0 Å². The summed E-state index contributed by atoms with van der Waals surface area (Å²) in [4.78, 5) is 29.9. The van der Waals surface area contributed by atoms with E-state index in [2.05, 4.69) is 4.98 Å². The summed E-state index contributed by atoms with van der Waals surface area (Å²) < 4.78 is 5.82. The Kier molecular flexibility index (Phi) is 2.47. The second-order valence-electron chi connectivity index (χ2n) is 5.75. The smallest absolute Gasteiger partial charge is 0.310 e. The molecule has 4 atom stereocenters. The van der Waals surface area contributed by atoms with Crippen molar-refractivity contribution in [3.05, 3.63) is 42.2 Å². The zero-order valence-electron chi connectivity index (χ0n) is 11.2. The van der Waals surface area contributed by atoms with E-state index < -0.39 is 29.5 Å². The second-order valence-corrected chi connectivity index (χ2v) is 5.75. The first-order valence-corrected chi connectivity index (χ1v) is 6.89. The van der Waals surface area contributed by atoms with Crippen LogP contribution < -0.4 is 0 Å². The van der Waals surface area contributed by atoms with Crippen molar-refractivity contribution < 1.29 is 19.4 Å². The van der Waals surface area contributed by atoms with Crippen LogP contribution in [0.15, 0.2) is 36.5 Å². The number of carbonyl (C=O) groups is 2. The largest absolute Gasteiger partial charge is 0.481 e. The molecule has 6 nitrogen and oxygen atoms in total. The van der Waals surface area contributed by atoms with Gasteiger partial charge in [0.25, 0.3) is 0 Å². The minimum Gasteiger partial charge on any atom is -0.481 e. The molecule has 2 bridgehead atoms. The standard InChI is InChI=1S/C15H14N2O4/c18-13-12-11(14(19)20)10-4-5-15(12,21-10)8-17(13)7-9-3-1-2-6-16-9/h1-6,10-12H,7-8H2,(H,19,20)/t10-,11-,12+,15+/m0/s1. The molecule has 2 saturated heterocycles. The monoisotopic (exact) mass is 286 g/mol. The fourth-order valence-corrected chi connectivity index (χ4v) is 3.68. The SMILES string of the molecule is O=C(O)[C@H]1[C@@H]2C=C[C@]3(CN(Cc4ccccn4)C(=O)[C@@H]13)O2. The topological polar surface area (TPSA) is 79.7 Å². The van der Waals surface area contributed by atoms with E-state index in [4.69, 9.17) is 4.74 Å². The van der Waals surface area contributed by atoms with Crippen LogP contribution in [0.1, 0.15) is 5.69 Å². The minimum absolute atomic E-state index is 0.153. The number of aromatic nitrogens is 1. The maximum atomic E-state index is 12.6. The summed E-state index contributed by atoms with van der Waals surface area (Å²) in [6.45, 7) is 0.774. The lowest BCUT2D eigenvalue weighted by atomic mass is 9.77. The van der Waals surface area contributed by atoms with Gasteiger partial charge in [-0.25, -0.2) is 0 Å². The summed E-state index contributed by atoms with van der Waals surface area (Å²) in [6, 6.07) is 5.53. The zero-order chi connectivity index (χ0) is 14.6. The van der Waals surface area contributed by atoms with Crippen molar-refractivity contribution in [2.75, 3.05) is 6.54 Å². The Morgan fingerprint density at radius 2 is 2.38 bits per heavy atom. The number of carboxylic acids is 1. The highest BCUT2D eigenvalue weighted by molar-refractivity contribution is 5.90. The molecule has 108 valence electrons. The van der Waals surface area contributed by atoms with Crippen LogP contribution in [0.25, 0.3) is 0 Å². The Labute approximate surface area is 121 Å². The van der Waals surface area contributed by atoms with Crippen LogP contribution >= 0.6 is 0 Å². The Hall–Kier alpha value is -2.21. The highest BCUT2D eigenvalue weighted by Crippen LogP contribution is 2.51. The van der Waals surface area contributed by atoms with Crippen LogP contribution in [0, 0.1) is 11.8 Å². The average molecular weight is 286 g/mol. The number of ether oxygens (including phenoxy) is 1. The van der Waals surface area contributed by atoms with Crippen LogP contribution in [0.3, 0.4) is 0 Å². The molecule has 4 heterocycles. The minimum atomic E-state index is -0.968. The molecule has 4 rings (SSSR count). The van der Waals surface area contributed by atoms with Crippen LogP contribution in [0.4, 0.5) is 0 Å². The molecule has 0 aromatic carbocycles. The van der Waals surface area contributed by atoms with E-state index in [1.165, 1.54) is 0 Å². The lowest BCUT2D eigenvalue weighted by Gasteiger charge is -2.21. The number of hydrogen-bond donors (Lipinski definition) is 1. The molecule has 1 aromatic heterocycles. The number of aliphatic carboxylic acids is 1. The van der Waals surface area contributed by atoms with Crippen LogP contribution in [-0.4, -0.2) is 45.1 Å². The molecule has 3 aliphatic heterocycles. The van der Waals surface area contributed by atoms with Gasteiger partial charge < -0.3 is 14.7 Å². The second kappa shape index (κ2) is 4.14. The fourth-order valence-electron chi connectivity index (χ4n) is 3.68. The Morgan fingerprint density at radius 1 is 1.52 bits per heavy atom. The predicted molar refractivity (Wildman–Crippen MR) is 71.0 cm³/mol. The summed E-state index contributed by atoms with van der Waals surface area (Å²) in [6.07, 6.45) is 4.83. The normalized spacial score (nSPS) is 36.3. The maximum Gasteiger partial charge on any atom is 0.310 e. The van der Waals surface area contributed by atoms with Crippen molar-refractivity contribution in [1.82, 2.24) is 9.88 Å². The molecule has 0 aliphatic carbocycles. The summed E-state index contributed by atoms with van der Waals surface area (Å²) in [5, 5.41) is 9.38. The number of hydrogen-bond acceptors (Lipinski definition) is 4. The van der Waals surface area contributed by atoms with E-state index in [0.717, 1.165) is 5.69 Å². The molecule has 2 fully saturated rings. The summed E-state index contributed by atoms with van der Waals surface area (Å²) in [7, 11) is 0. The van der Waals surface area contributed by atoms with Gasteiger partial charge in [-0.2, -0.15) is 0 Å². The lowest BCUT2D eigenvalue weighted by molar-refractivity contribution is -0.148. The molecule has 1 amide bonds. The van der Waals surface area contributed by atoms with E-state index in [1.54, 1.807) is 17.2 Å². The number of nitrogens with zero attached hydrogens (tertiary/aromatic N) is 2. The number of carbonyl (C=O) groups excluding carboxylic acids is 1. The first-order valence-electron chi connectivity index (χ1n) is 6.89. The third-order valence-electron chi connectivity index (χ3n) is 4.54. The molecule has 3 aliphatic rings. The molecule has 6 heteroatoms. The number of amides is 1. The average Bonchev–Trinajstić information content (AvgIpc) is 3.09. The van der Waals surface area contributed by atoms with Crippen molar-refractivity contribution in [2.45, 2.75) is 18.2 Å². The predicted octanol–water partition coefficient (Wildman–Crippen LogP) is 0.448. The van der Waals surface area contributed by atoms with Gasteiger partial charge >= 0.3 is 5.97 Å². The Bertz CT molecular complexity index is 644. The van der Waals surface area contributed by atoms with Crippen molar-refractivity contribution in [3.63, 3.8) is 0 Å². The molecule has 21 heavy (non-hydrogen) atoms. The van der Waals surface area contributed by atoms with Gasteiger partial charge in [-0.3, -0.25) is 14.6 Å². The fraction of sp³-hybridized carbons (Fsp3) is 0.400. The van der Waals surface area contributed by atoms with Gasteiger partial charge in [0.05, 0.1) is 30.8 Å². The van der Waals surface area contributed by atoms with Crippen LogP contribution in [-0.2, 0) is 20.9 Å². The van der Waals surface area contributed by atoms with Crippen molar-refractivity contribution in [3.8, 4) is 0 Å². The first kappa shape index (κ1) is 12.5. The van der Waals surface area contributed by atoms with Gasteiger partial charge in [0, 0.05) is 6.20 Å². The molecule has 1 spiro atoms. The van der Waals surface area contributed by atoms with E-state index in [1.807, 2.05) is 24.3 Å². The van der Waals surface area contributed by atoms with E-state index in [-0.39, 0.29) is 5.91 Å². The van der Waals surface area contributed by atoms with Gasteiger partial charge in [0.1, 0.15) is 11.5 Å². The van der Waals surface area contributed by atoms with Gasteiger partial charge in [-0.1, -0.05) is 18.2 Å². The number of fused-ring (bicyclic) bond motifs is 1. The molecule has 0 saturated carbocycles. The Morgan fingerprint density at radius 3 is 3.10 bits per heavy atom. The summed E-state index contributed by atoms with van der Waals surface area (Å²) in [5.41, 5.74) is 0.0205. The summed E-state index contributed by atoms with van der Waals surface area (Å²) in [5.74, 6) is -2.52. The van der Waals surface area contributed by atoms with E-state index in [0.29, 0.717) is 13.1 Å². The molecule has 0 radical (unpaired) electrons. The molecule has 0 unspecified atom stereocenters. The molecular weight excluding hydrogens is 272 g/mol. The zero-order valence-corrected chi connectivity index (χ0v) is 11.2. The van der Waals surface area contributed by atoms with Crippen molar-refractivity contribution in [2.24, 2.45) is 11.8 Å². The van der Waals surface area contributed by atoms with Gasteiger partial charge in [0.2, 0.25) is 5.91 Å². The summed E-state index contributed by atoms with van der Waals surface area (Å²) >= 11 is 0. The van der Waals surface area contributed by atoms with Gasteiger partial charge in [-0.05, 0) is 12.1 Å². The number of pyridine rings is 1. The Balaban J connectivity index is 1.63. The van der Waals surface area contributed by atoms with E-state index in [9.17, 15) is 14.7 Å². The number of likely N-dealkylation sites (tertiary alicyclic amines) is 1. The molecule has 1 aromatic rings. The molecule has 1 N–H and O–H groups in total. The lowest BCUT2D eigenvalue weighted by Crippen LogP contribution is -2.39. The first-order chi connectivity index (χ1) is 10.1.